The highest BCUT2D eigenvalue weighted by Gasteiger charge is 2.39. The standard InChI is InChI=1S/C10H18ClNO/c1-7-8(2)10(13)12(9(7)3)6-4-5-11/h7-9H,4-6H2,1-3H3. The number of carbonyl (C=O) groups excluding carboxylic acids is 1. The van der Waals surface area contributed by atoms with E-state index in [1.807, 2.05) is 11.8 Å². The van der Waals surface area contributed by atoms with Gasteiger partial charge in [0.1, 0.15) is 0 Å². The van der Waals surface area contributed by atoms with Gasteiger partial charge in [-0.1, -0.05) is 13.8 Å². The summed E-state index contributed by atoms with van der Waals surface area (Å²) in [6.07, 6.45) is 0.900. The smallest absolute Gasteiger partial charge is 0.225 e. The fraction of sp³-hybridized carbons (Fsp3) is 0.900. The van der Waals surface area contributed by atoms with Crippen LogP contribution in [-0.2, 0) is 4.79 Å². The number of amides is 1. The summed E-state index contributed by atoms with van der Waals surface area (Å²) in [6, 6.07) is 0.380. The minimum atomic E-state index is 0.185. The van der Waals surface area contributed by atoms with Gasteiger partial charge >= 0.3 is 0 Å². The summed E-state index contributed by atoms with van der Waals surface area (Å²) in [5.74, 6) is 1.59. The van der Waals surface area contributed by atoms with Crippen molar-refractivity contribution in [3.8, 4) is 0 Å². The molecule has 3 atom stereocenters. The highest BCUT2D eigenvalue weighted by Crippen LogP contribution is 2.30. The molecule has 0 aliphatic carbocycles. The highest BCUT2D eigenvalue weighted by atomic mass is 35.5. The molecule has 1 aliphatic heterocycles. The Labute approximate surface area is 85.2 Å². The number of rotatable bonds is 3. The second kappa shape index (κ2) is 4.32. The highest BCUT2D eigenvalue weighted by molar-refractivity contribution is 6.17. The Morgan fingerprint density at radius 2 is 2.00 bits per heavy atom. The van der Waals surface area contributed by atoms with Gasteiger partial charge in [-0.2, -0.15) is 0 Å². The minimum Gasteiger partial charge on any atom is -0.339 e. The Morgan fingerprint density at radius 3 is 2.38 bits per heavy atom. The molecule has 0 bridgehead atoms. The molecule has 0 aromatic carbocycles. The van der Waals surface area contributed by atoms with Crippen LogP contribution in [0.1, 0.15) is 27.2 Å². The number of hydrogen-bond donors (Lipinski definition) is 0. The maximum Gasteiger partial charge on any atom is 0.225 e. The van der Waals surface area contributed by atoms with E-state index in [2.05, 4.69) is 13.8 Å². The summed E-state index contributed by atoms with van der Waals surface area (Å²) in [5.41, 5.74) is 0. The fourth-order valence-electron chi connectivity index (χ4n) is 1.93. The van der Waals surface area contributed by atoms with Crippen molar-refractivity contribution in [1.29, 1.82) is 0 Å². The molecule has 0 saturated carbocycles. The SMILES string of the molecule is CC1C(=O)N(CCCCl)C(C)C1C. The van der Waals surface area contributed by atoms with E-state index in [0.717, 1.165) is 13.0 Å². The second-order valence-electron chi connectivity index (χ2n) is 3.96. The van der Waals surface area contributed by atoms with Crippen LogP contribution in [0, 0.1) is 11.8 Å². The molecule has 2 nitrogen and oxygen atoms in total. The molecule has 76 valence electrons. The Kier molecular flexibility index (Phi) is 3.60. The van der Waals surface area contributed by atoms with Crippen molar-refractivity contribution >= 4 is 17.5 Å². The molecule has 0 aromatic rings. The first kappa shape index (κ1) is 10.8. The van der Waals surface area contributed by atoms with E-state index in [4.69, 9.17) is 11.6 Å². The molecule has 0 spiro atoms. The molecule has 1 amide bonds. The zero-order valence-corrected chi connectivity index (χ0v) is 9.34. The van der Waals surface area contributed by atoms with Gasteiger partial charge in [-0.25, -0.2) is 0 Å². The molecule has 3 unspecified atom stereocenters. The van der Waals surface area contributed by atoms with Crippen LogP contribution in [0.3, 0.4) is 0 Å². The summed E-state index contributed by atoms with van der Waals surface area (Å²) in [4.78, 5) is 13.7. The van der Waals surface area contributed by atoms with Crippen LogP contribution in [0.25, 0.3) is 0 Å². The maximum atomic E-state index is 11.7. The number of carbonyl (C=O) groups is 1. The first-order chi connectivity index (χ1) is 6.09. The third-order valence-corrected chi connectivity index (χ3v) is 3.51. The van der Waals surface area contributed by atoms with E-state index < -0.39 is 0 Å². The monoisotopic (exact) mass is 203 g/mol. The lowest BCUT2D eigenvalue weighted by Crippen LogP contribution is -2.33. The molecule has 1 saturated heterocycles. The van der Waals surface area contributed by atoms with E-state index in [9.17, 15) is 4.79 Å². The van der Waals surface area contributed by atoms with Crippen molar-refractivity contribution in [2.45, 2.75) is 33.2 Å². The van der Waals surface area contributed by atoms with Crippen molar-refractivity contribution in [3.63, 3.8) is 0 Å². The maximum absolute atomic E-state index is 11.7. The number of halogens is 1. The minimum absolute atomic E-state index is 0.185. The van der Waals surface area contributed by atoms with Gasteiger partial charge in [-0.3, -0.25) is 4.79 Å². The van der Waals surface area contributed by atoms with Crippen LogP contribution >= 0.6 is 11.6 Å². The molecule has 1 fully saturated rings. The second-order valence-corrected chi connectivity index (χ2v) is 4.34. The lowest BCUT2D eigenvalue weighted by molar-refractivity contribution is -0.131. The lowest BCUT2D eigenvalue weighted by Gasteiger charge is -2.22. The predicted octanol–water partition coefficient (Wildman–Crippen LogP) is 2.12. The van der Waals surface area contributed by atoms with Gasteiger partial charge < -0.3 is 4.90 Å². The van der Waals surface area contributed by atoms with Gasteiger partial charge in [0.05, 0.1) is 0 Å². The molecular weight excluding hydrogens is 186 g/mol. The molecular formula is C10H18ClNO. The summed E-state index contributed by atoms with van der Waals surface area (Å²) in [7, 11) is 0. The van der Waals surface area contributed by atoms with E-state index in [1.54, 1.807) is 0 Å². The third kappa shape index (κ3) is 1.98. The van der Waals surface area contributed by atoms with Crippen molar-refractivity contribution in [3.05, 3.63) is 0 Å². The number of hydrogen-bond acceptors (Lipinski definition) is 1. The van der Waals surface area contributed by atoms with E-state index in [-0.39, 0.29) is 5.92 Å². The van der Waals surface area contributed by atoms with Gasteiger partial charge in [0.15, 0.2) is 0 Å². The van der Waals surface area contributed by atoms with E-state index in [1.165, 1.54) is 0 Å². The summed E-state index contributed by atoms with van der Waals surface area (Å²) in [6.45, 7) is 7.11. The largest absolute Gasteiger partial charge is 0.339 e. The molecule has 0 N–H and O–H groups in total. The average Bonchev–Trinajstić information content (AvgIpc) is 2.30. The van der Waals surface area contributed by atoms with Crippen molar-refractivity contribution in [1.82, 2.24) is 4.90 Å². The Hall–Kier alpha value is -0.240. The topological polar surface area (TPSA) is 20.3 Å². The zero-order chi connectivity index (χ0) is 10.0. The van der Waals surface area contributed by atoms with Gasteiger partial charge in [-0.05, 0) is 19.3 Å². The average molecular weight is 204 g/mol. The summed E-state index contributed by atoms with van der Waals surface area (Å²) >= 11 is 5.61. The van der Waals surface area contributed by atoms with Gasteiger partial charge in [-0.15, -0.1) is 11.6 Å². The Bertz CT molecular complexity index is 195. The van der Waals surface area contributed by atoms with Gasteiger partial charge in [0.25, 0.3) is 0 Å². The Morgan fingerprint density at radius 1 is 1.38 bits per heavy atom. The number of likely N-dealkylation sites (tertiary alicyclic amines) is 1. The van der Waals surface area contributed by atoms with Crippen molar-refractivity contribution in [2.75, 3.05) is 12.4 Å². The van der Waals surface area contributed by atoms with Crippen LogP contribution in [0.15, 0.2) is 0 Å². The summed E-state index contributed by atoms with van der Waals surface area (Å²) in [5, 5.41) is 0. The molecule has 1 aliphatic rings. The van der Waals surface area contributed by atoms with Crippen molar-refractivity contribution < 1.29 is 4.79 Å². The van der Waals surface area contributed by atoms with Crippen LogP contribution in [-0.4, -0.2) is 29.3 Å². The molecule has 0 aromatic heterocycles. The summed E-state index contributed by atoms with van der Waals surface area (Å²) < 4.78 is 0. The zero-order valence-electron chi connectivity index (χ0n) is 8.59. The molecule has 1 heterocycles. The molecule has 3 heteroatoms. The Balaban J connectivity index is 2.59. The van der Waals surface area contributed by atoms with Crippen LogP contribution in [0.2, 0.25) is 0 Å². The van der Waals surface area contributed by atoms with Crippen LogP contribution < -0.4 is 0 Å². The normalized spacial score (nSPS) is 34.3. The van der Waals surface area contributed by atoms with Gasteiger partial charge in [0.2, 0.25) is 5.91 Å². The molecule has 0 radical (unpaired) electrons. The predicted molar refractivity (Wildman–Crippen MR) is 54.8 cm³/mol. The number of nitrogens with zero attached hydrogens (tertiary/aromatic N) is 1. The fourth-order valence-corrected chi connectivity index (χ4v) is 2.05. The van der Waals surface area contributed by atoms with Crippen LogP contribution in [0.5, 0.6) is 0 Å². The molecule has 13 heavy (non-hydrogen) atoms. The third-order valence-electron chi connectivity index (χ3n) is 3.25. The van der Waals surface area contributed by atoms with E-state index >= 15 is 0 Å². The van der Waals surface area contributed by atoms with Crippen molar-refractivity contribution in [2.24, 2.45) is 11.8 Å². The van der Waals surface area contributed by atoms with Crippen LogP contribution in [0.4, 0.5) is 0 Å². The first-order valence-corrected chi connectivity index (χ1v) is 5.49. The molecule has 1 rings (SSSR count). The number of alkyl halides is 1. The lowest BCUT2D eigenvalue weighted by atomic mass is 9.95. The van der Waals surface area contributed by atoms with E-state index in [0.29, 0.717) is 23.7 Å². The first-order valence-electron chi connectivity index (χ1n) is 4.96. The van der Waals surface area contributed by atoms with Gasteiger partial charge in [0, 0.05) is 24.4 Å². The quantitative estimate of drug-likeness (QED) is 0.644.